The number of furan rings is 1. The van der Waals surface area contributed by atoms with Gasteiger partial charge in [-0.25, -0.2) is 4.79 Å². The third-order valence-corrected chi connectivity index (χ3v) is 3.64. The van der Waals surface area contributed by atoms with Crippen molar-refractivity contribution in [1.29, 1.82) is 0 Å². The lowest BCUT2D eigenvalue weighted by molar-refractivity contribution is 0.0661. The number of aromatic carboxylic acids is 1. The lowest BCUT2D eigenvalue weighted by Gasteiger charge is -2.13. The van der Waals surface area contributed by atoms with Crippen LogP contribution in [0.3, 0.4) is 0 Å². The van der Waals surface area contributed by atoms with E-state index in [1.165, 1.54) is 0 Å². The van der Waals surface area contributed by atoms with Gasteiger partial charge in [-0.15, -0.1) is 0 Å². The average molecular weight is 338 g/mol. The highest BCUT2D eigenvalue weighted by Crippen LogP contribution is 2.26. The quantitative estimate of drug-likeness (QED) is 0.874. The first-order chi connectivity index (χ1) is 9.38. The number of rotatable bonds is 4. The van der Waals surface area contributed by atoms with E-state index in [2.05, 4.69) is 21.2 Å². The minimum Gasteiger partial charge on any atom is -0.475 e. The van der Waals surface area contributed by atoms with E-state index in [1.54, 1.807) is 13.0 Å². The summed E-state index contributed by atoms with van der Waals surface area (Å²) in [6.45, 7) is 6.37. The van der Waals surface area contributed by atoms with E-state index in [0.717, 1.165) is 26.9 Å². The van der Waals surface area contributed by atoms with E-state index in [0.29, 0.717) is 12.3 Å². The van der Waals surface area contributed by atoms with Crippen molar-refractivity contribution in [2.24, 2.45) is 0 Å². The monoisotopic (exact) mass is 337 g/mol. The molecule has 106 valence electrons. The van der Waals surface area contributed by atoms with Gasteiger partial charge in [-0.2, -0.15) is 0 Å². The maximum absolute atomic E-state index is 10.9. The fourth-order valence-electron chi connectivity index (χ4n) is 2.17. The van der Waals surface area contributed by atoms with Crippen LogP contribution in [0.25, 0.3) is 0 Å². The zero-order valence-corrected chi connectivity index (χ0v) is 13.2. The van der Waals surface area contributed by atoms with Crippen molar-refractivity contribution in [2.45, 2.75) is 27.3 Å². The highest BCUT2D eigenvalue weighted by Gasteiger charge is 2.13. The molecule has 5 heteroatoms. The standard InChI is InChI=1S/C15H16BrNO3/c1-8-4-12(16)5-9(2)14(8)17-7-11-6-13(15(18)19)20-10(11)3/h4-6,17H,7H2,1-3H3,(H,18,19). The van der Waals surface area contributed by atoms with Gasteiger partial charge in [0.05, 0.1) is 0 Å². The Morgan fingerprint density at radius 2 is 1.85 bits per heavy atom. The maximum Gasteiger partial charge on any atom is 0.371 e. The lowest BCUT2D eigenvalue weighted by Crippen LogP contribution is -2.03. The Kier molecular flexibility index (Phi) is 4.18. The number of carboxylic acids is 1. The number of hydrogen-bond acceptors (Lipinski definition) is 3. The Morgan fingerprint density at radius 3 is 2.35 bits per heavy atom. The van der Waals surface area contributed by atoms with E-state index in [1.807, 2.05) is 26.0 Å². The van der Waals surface area contributed by atoms with Gasteiger partial charge in [0.15, 0.2) is 0 Å². The number of hydrogen-bond donors (Lipinski definition) is 2. The summed E-state index contributed by atoms with van der Waals surface area (Å²) in [5.41, 5.74) is 4.18. The number of nitrogens with one attached hydrogen (secondary N) is 1. The molecule has 0 atom stereocenters. The van der Waals surface area contributed by atoms with Gasteiger partial charge in [-0.3, -0.25) is 0 Å². The third-order valence-electron chi connectivity index (χ3n) is 3.18. The zero-order chi connectivity index (χ0) is 14.9. The molecule has 2 N–H and O–H groups in total. The van der Waals surface area contributed by atoms with Crippen molar-refractivity contribution < 1.29 is 14.3 Å². The summed E-state index contributed by atoms with van der Waals surface area (Å²) in [5, 5.41) is 12.3. The molecule has 1 aromatic carbocycles. The molecular formula is C15H16BrNO3. The van der Waals surface area contributed by atoms with Crippen molar-refractivity contribution in [3.63, 3.8) is 0 Å². The van der Waals surface area contributed by atoms with E-state index >= 15 is 0 Å². The minimum atomic E-state index is -1.05. The number of carboxylic acid groups (broad SMARTS) is 1. The first-order valence-corrected chi connectivity index (χ1v) is 7.01. The molecule has 0 amide bonds. The molecule has 0 fully saturated rings. The molecule has 20 heavy (non-hydrogen) atoms. The van der Waals surface area contributed by atoms with Crippen LogP contribution in [-0.4, -0.2) is 11.1 Å². The van der Waals surface area contributed by atoms with E-state index in [9.17, 15) is 4.79 Å². The van der Waals surface area contributed by atoms with Gasteiger partial charge in [-0.05, 0) is 50.1 Å². The molecule has 2 aromatic rings. The van der Waals surface area contributed by atoms with E-state index < -0.39 is 5.97 Å². The summed E-state index contributed by atoms with van der Waals surface area (Å²) in [6, 6.07) is 5.65. The first kappa shape index (κ1) is 14.7. The lowest BCUT2D eigenvalue weighted by atomic mass is 10.1. The normalized spacial score (nSPS) is 10.6. The third kappa shape index (κ3) is 3.04. The highest BCUT2D eigenvalue weighted by molar-refractivity contribution is 9.10. The average Bonchev–Trinajstić information content (AvgIpc) is 2.70. The van der Waals surface area contributed by atoms with Crippen LogP contribution < -0.4 is 5.32 Å². The maximum atomic E-state index is 10.9. The largest absolute Gasteiger partial charge is 0.475 e. The molecule has 0 saturated heterocycles. The summed E-state index contributed by atoms with van der Waals surface area (Å²) in [4.78, 5) is 10.9. The molecule has 0 aliphatic rings. The van der Waals surface area contributed by atoms with E-state index in [4.69, 9.17) is 9.52 Å². The summed E-state index contributed by atoms with van der Waals surface area (Å²) in [7, 11) is 0. The number of aryl methyl sites for hydroxylation is 3. The smallest absolute Gasteiger partial charge is 0.371 e. The Labute approximate surface area is 125 Å². The number of benzene rings is 1. The summed E-state index contributed by atoms with van der Waals surface area (Å²) in [5.74, 6) is -0.443. The molecule has 0 aliphatic heterocycles. The Morgan fingerprint density at radius 1 is 1.25 bits per heavy atom. The van der Waals surface area contributed by atoms with Crippen molar-refractivity contribution in [2.75, 3.05) is 5.32 Å². The fraction of sp³-hybridized carbons (Fsp3) is 0.267. The molecule has 0 saturated carbocycles. The Bertz CT molecular complexity index is 638. The molecule has 0 radical (unpaired) electrons. The van der Waals surface area contributed by atoms with Gasteiger partial charge in [0, 0.05) is 22.3 Å². The molecule has 1 aromatic heterocycles. The second-order valence-corrected chi connectivity index (χ2v) is 5.68. The summed E-state index contributed by atoms with van der Waals surface area (Å²) < 4.78 is 6.24. The predicted molar refractivity (Wildman–Crippen MR) is 81.3 cm³/mol. The van der Waals surface area contributed by atoms with Crippen LogP contribution in [0.4, 0.5) is 5.69 Å². The van der Waals surface area contributed by atoms with Crippen LogP contribution in [0.5, 0.6) is 0 Å². The fourth-order valence-corrected chi connectivity index (χ4v) is 2.86. The van der Waals surface area contributed by atoms with Crippen molar-refractivity contribution >= 4 is 27.6 Å². The van der Waals surface area contributed by atoms with Crippen LogP contribution in [0.15, 0.2) is 27.1 Å². The van der Waals surface area contributed by atoms with Gasteiger partial charge in [0.2, 0.25) is 5.76 Å². The molecule has 0 bridgehead atoms. The second-order valence-electron chi connectivity index (χ2n) is 4.77. The Hall–Kier alpha value is -1.75. The van der Waals surface area contributed by atoms with Crippen LogP contribution in [0, 0.1) is 20.8 Å². The van der Waals surface area contributed by atoms with Gasteiger partial charge in [0.1, 0.15) is 5.76 Å². The number of halogens is 1. The summed E-state index contributed by atoms with van der Waals surface area (Å²) >= 11 is 3.47. The van der Waals surface area contributed by atoms with Gasteiger partial charge in [-0.1, -0.05) is 15.9 Å². The molecule has 2 rings (SSSR count). The molecular weight excluding hydrogens is 322 g/mol. The number of carbonyl (C=O) groups is 1. The first-order valence-electron chi connectivity index (χ1n) is 6.21. The molecule has 1 heterocycles. The minimum absolute atomic E-state index is 0.0245. The molecule has 0 unspecified atom stereocenters. The van der Waals surface area contributed by atoms with Gasteiger partial charge in [0.25, 0.3) is 0 Å². The van der Waals surface area contributed by atoms with E-state index in [-0.39, 0.29) is 5.76 Å². The van der Waals surface area contributed by atoms with Crippen molar-refractivity contribution in [3.05, 3.63) is 50.9 Å². The van der Waals surface area contributed by atoms with Crippen LogP contribution in [0.2, 0.25) is 0 Å². The number of anilines is 1. The summed E-state index contributed by atoms with van der Waals surface area (Å²) in [6.07, 6.45) is 0. The van der Waals surface area contributed by atoms with Gasteiger partial charge < -0.3 is 14.8 Å². The van der Waals surface area contributed by atoms with Crippen LogP contribution in [0.1, 0.15) is 33.0 Å². The van der Waals surface area contributed by atoms with Crippen LogP contribution >= 0.6 is 15.9 Å². The molecule has 0 aliphatic carbocycles. The highest BCUT2D eigenvalue weighted by atomic mass is 79.9. The van der Waals surface area contributed by atoms with Crippen molar-refractivity contribution in [3.8, 4) is 0 Å². The molecule has 4 nitrogen and oxygen atoms in total. The van der Waals surface area contributed by atoms with Crippen LogP contribution in [-0.2, 0) is 6.54 Å². The van der Waals surface area contributed by atoms with Gasteiger partial charge >= 0.3 is 5.97 Å². The van der Waals surface area contributed by atoms with Crippen molar-refractivity contribution in [1.82, 2.24) is 0 Å². The predicted octanol–water partition coefficient (Wildman–Crippen LogP) is 4.28. The molecule has 0 spiro atoms. The SMILES string of the molecule is Cc1cc(Br)cc(C)c1NCc1cc(C(=O)O)oc1C. The second kappa shape index (κ2) is 5.71. The zero-order valence-electron chi connectivity index (χ0n) is 11.6. The topological polar surface area (TPSA) is 62.5 Å². The Balaban J connectivity index is 2.19.